The van der Waals surface area contributed by atoms with Gasteiger partial charge in [0.25, 0.3) is 0 Å². The van der Waals surface area contributed by atoms with Crippen LogP contribution in [0.4, 0.5) is 0 Å². The molecule has 6 heteroatoms. The number of carbonyl (C=O) groups is 3. The van der Waals surface area contributed by atoms with Gasteiger partial charge in [-0.05, 0) is 18.8 Å². The molecule has 0 radical (unpaired) electrons. The second-order valence-corrected chi connectivity index (χ2v) is 4.36. The van der Waals surface area contributed by atoms with E-state index in [1.165, 1.54) is 6.92 Å². The van der Waals surface area contributed by atoms with Crippen LogP contribution in [0.3, 0.4) is 0 Å². The molecule has 17 heavy (non-hydrogen) atoms. The molecule has 1 atom stereocenters. The minimum absolute atomic E-state index is 0.00484. The monoisotopic (exact) mass is 242 g/mol. The molecular weight excluding hydrogens is 224 g/mol. The van der Waals surface area contributed by atoms with Crippen LogP contribution in [0.15, 0.2) is 0 Å². The van der Waals surface area contributed by atoms with E-state index in [2.05, 4.69) is 5.32 Å². The number of nitrogens with one attached hydrogen (secondary N) is 1. The standard InChI is InChI=1S/C11H18N2O4/c1-8(14)12-6-10(15)13-4-2-3-9(7-13)5-11(16)17/h9H,2-7H2,1H3,(H,12,14)(H,16,17). The van der Waals surface area contributed by atoms with Gasteiger partial charge in [0.1, 0.15) is 0 Å². The minimum Gasteiger partial charge on any atom is -0.481 e. The Kier molecular flexibility index (Phi) is 4.93. The van der Waals surface area contributed by atoms with Gasteiger partial charge in [0, 0.05) is 26.4 Å². The number of aliphatic carboxylic acids is 1. The van der Waals surface area contributed by atoms with Gasteiger partial charge < -0.3 is 15.3 Å². The smallest absolute Gasteiger partial charge is 0.303 e. The molecule has 6 nitrogen and oxygen atoms in total. The summed E-state index contributed by atoms with van der Waals surface area (Å²) in [5.74, 6) is -1.18. The summed E-state index contributed by atoms with van der Waals surface area (Å²) in [5.41, 5.74) is 0. The number of piperidine rings is 1. The minimum atomic E-state index is -0.828. The molecule has 1 fully saturated rings. The highest BCUT2D eigenvalue weighted by Gasteiger charge is 2.24. The Hall–Kier alpha value is -1.59. The van der Waals surface area contributed by atoms with Crippen molar-refractivity contribution in [2.45, 2.75) is 26.2 Å². The van der Waals surface area contributed by atoms with Crippen LogP contribution in [0.25, 0.3) is 0 Å². The fourth-order valence-electron chi connectivity index (χ4n) is 2.02. The third-order valence-corrected chi connectivity index (χ3v) is 2.82. The summed E-state index contributed by atoms with van der Waals surface area (Å²) in [6, 6.07) is 0. The Morgan fingerprint density at radius 2 is 2.12 bits per heavy atom. The first-order valence-corrected chi connectivity index (χ1v) is 5.73. The number of nitrogens with zero attached hydrogens (tertiary/aromatic N) is 1. The van der Waals surface area contributed by atoms with Crippen molar-refractivity contribution in [1.82, 2.24) is 10.2 Å². The number of amides is 2. The number of likely N-dealkylation sites (tertiary alicyclic amines) is 1. The zero-order chi connectivity index (χ0) is 12.8. The van der Waals surface area contributed by atoms with Crippen molar-refractivity contribution in [2.75, 3.05) is 19.6 Å². The Labute approximate surface area is 100.0 Å². The molecule has 0 aromatic heterocycles. The van der Waals surface area contributed by atoms with Gasteiger partial charge in [-0.1, -0.05) is 0 Å². The van der Waals surface area contributed by atoms with E-state index in [0.717, 1.165) is 12.8 Å². The Morgan fingerprint density at radius 3 is 2.71 bits per heavy atom. The summed E-state index contributed by atoms with van der Waals surface area (Å²) in [5, 5.41) is 11.2. The molecule has 0 aliphatic carbocycles. The maximum Gasteiger partial charge on any atom is 0.303 e. The highest BCUT2D eigenvalue weighted by molar-refractivity contribution is 5.83. The van der Waals surface area contributed by atoms with Gasteiger partial charge in [-0.15, -0.1) is 0 Å². The lowest BCUT2D eigenvalue weighted by atomic mass is 9.95. The average molecular weight is 242 g/mol. The highest BCUT2D eigenvalue weighted by Crippen LogP contribution is 2.19. The summed E-state index contributed by atoms with van der Waals surface area (Å²) in [6.07, 6.45) is 1.77. The largest absolute Gasteiger partial charge is 0.481 e. The number of hydrogen-bond donors (Lipinski definition) is 2. The fraction of sp³-hybridized carbons (Fsp3) is 0.727. The third kappa shape index (κ3) is 4.84. The SMILES string of the molecule is CC(=O)NCC(=O)N1CCCC(CC(=O)O)C1. The van der Waals surface area contributed by atoms with Gasteiger partial charge >= 0.3 is 5.97 Å². The lowest BCUT2D eigenvalue weighted by Gasteiger charge is -2.32. The van der Waals surface area contributed by atoms with Crippen LogP contribution in [-0.4, -0.2) is 47.4 Å². The zero-order valence-electron chi connectivity index (χ0n) is 9.94. The second-order valence-electron chi connectivity index (χ2n) is 4.36. The van der Waals surface area contributed by atoms with E-state index in [-0.39, 0.29) is 30.7 Å². The van der Waals surface area contributed by atoms with Gasteiger partial charge in [0.05, 0.1) is 6.54 Å². The van der Waals surface area contributed by atoms with Gasteiger partial charge in [0.2, 0.25) is 11.8 Å². The molecule has 0 aromatic carbocycles. The predicted octanol–water partition coefficient (Wildman–Crippen LogP) is -0.164. The lowest BCUT2D eigenvalue weighted by Crippen LogP contribution is -2.45. The Morgan fingerprint density at radius 1 is 1.41 bits per heavy atom. The summed E-state index contributed by atoms with van der Waals surface area (Å²) < 4.78 is 0. The molecule has 1 aliphatic rings. The van der Waals surface area contributed by atoms with Crippen molar-refractivity contribution in [1.29, 1.82) is 0 Å². The van der Waals surface area contributed by atoms with E-state index < -0.39 is 5.97 Å². The molecule has 0 saturated carbocycles. The normalized spacial score (nSPS) is 19.8. The van der Waals surface area contributed by atoms with Gasteiger partial charge in [-0.25, -0.2) is 0 Å². The first-order valence-electron chi connectivity index (χ1n) is 5.73. The molecular formula is C11H18N2O4. The van der Waals surface area contributed by atoms with Crippen LogP contribution in [0.5, 0.6) is 0 Å². The molecule has 0 spiro atoms. The van der Waals surface area contributed by atoms with Crippen LogP contribution in [-0.2, 0) is 14.4 Å². The highest BCUT2D eigenvalue weighted by atomic mass is 16.4. The van der Waals surface area contributed by atoms with E-state index in [0.29, 0.717) is 13.1 Å². The molecule has 0 aromatic rings. The van der Waals surface area contributed by atoms with Crippen LogP contribution in [0.2, 0.25) is 0 Å². The first kappa shape index (κ1) is 13.5. The van der Waals surface area contributed by atoms with Crippen LogP contribution < -0.4 is 5.32 Å². The lowest BCUT2D eigenvalue weighted by molar-refractivity contribution is -0.140. The molecule has 1 saturated heterocycles. The number of carbonyl (C=O) groups excluding carboxylic acids is 2. The summed E-state index contributed by atoms with van der Waals surface area (Å²) in [6.45, 7) is 2.48. The van der Waals surface area contributed by atoms with Gasteiger partial charge in [0.15, 0.2) is 0 Å². The van der Waals surface area contributed by atoms with E-state index >= 15 is 0 Å². The van der Waals surface area contributed by atoms with E-state index in [4.69, 9.17) is 5.11 Å². The summed E-state index contributed by atoms with van der Waals surface area (Å²) in [7, 11) is 0. The van der Waals surface area contributed by atoms with Crippen molar-refractivity contribution in [3.8, 4) is 0 Å². The number of carboxylic acid groups (broad SMARTS) is 1. The van der Waals surface area contributed by atoms with Crippen molar-refractivity contribution in [2.24, 2.45) is 5.92 Å². The van der Waals surface area contributed by atoms with Crippen LogP contribution in [0, 0.1) is 5.92 Å². The number of rotatable bonds is 4. The molecule has 0 bridgehead atoms. The number of hydrogen-bond acceptors (Lipinski definition) is 3. The van der Waals surface area contributed by atoms with Crippen molar-refractivity contribution < 1.29 is 19.5 Å². The quantitative estimate of drug-likeness (QED) is 0.717. The Bertz CT molecular complexity index is 317. The maximum atomic E-state index is 11.7. The molecule has 96 valence electrons. The summed E-state index contributed by atoms with van der Waals surface area (Å²) >= 11 is 0. The Balaban J connectivity index is 2.40. The van der Waals surface area contributed by atoms with E-state index in [1.54, 1.807) is 4.90 Å². The topological polar surface area (TPSA) is 86.7 Å². The molecule has 1 aliphatic heterocycles. The third-order valence-electron chi connectivity index (χ3n) is 2.82. The van der Waals surface area contributed by atoms with Crippen molar-refractivity contribution in [3.05, 3.63) is 0 Å². The number of carboxylic acids is 1. The average Bonchev–Trinajstić information content (AvgIpc) is 2.25. The molecule has 2 N–H and O–H groups in total. The van der Waals surface area contributed by atoms with Crippen LogP contribution >= 0.6 is 0 Å². The molecule has 1 rings (SSSR count). The van der Waals surface area contributed by atoms with Crippen molar-refractivity contribution >= 4 is 17.8 Å². The summed E-state index contributed by atoms with van der Waals surface area (Å²) in [4.78, 5) is 34.6. The fourth-order valence-corrected chi connectivity index (χ4v) is 2.02. The first-order chi connectivity index (χ1) is 7.99. The van der Waals surface area contributed by atoms with E-state index in [9.17, 15) is 14.4 Å². The molecule has 1 unspecified atom stereocenters. The van der Waals surface area contributed by atoms with Gasteiger partial charge in [-0.2, -0.15) is 0 Å². The zero-order valence-corrected chi connectivity index (χ0v) is 9.94. The molecule has 1 heterocycles. The second kappa shape index (κ2) is 6.22. The predicted molar refractivity (Wildman–Crippen MR) is 60.2 cm³/mol. The van der Waals surface area contributed by atoms with Crippen molar-refractivity contribution in [3.63, 3.8) is 0 Å². The maximum absolute atomic E-state index is 11.7. The molecule has 2 amide bonds. The van der Waals surface area contributed by atoms with Crippen LogP contribution in [0.1, 0.15) is 26.2 Å². The van der Waals surface area contributed by atoms with E-state index in [1.807, 2.05) is 0 Å². The van der Waals surface area contributed by atoms with Gasteiger partial charge in [-0.3, -0.25) is 14.4 Å².